The number of nitrogens with two attached hydrogens (primary N) is 1. The number of nitrogens with zero attached hydrogens (tertiary/aromatic N) is 1. The number of aliphatic imine (C=N–C) groups is 1. The average molecular weight is 679 g/mol. The van der Waals surface area contributed by atoms with Crippen LogP contribution in [0, 0.1) is 0 Å². The van der Waals surface area contributed by atoms with E-state index in [2.05, 4.69) is 167 Å². The molecule has 3 aliphatic rings. The Morgan fingerprint density at radius 2 is 1.63 bits per heavy atom. The Morgan fingerprint density at radius 3 is 2.20 bits per heavy atom. The van der Waals surface area contributed by atoms with Gasteiger partial charge in [-0.1, -0.05) is 161 Å². The van der Waals surface area contributed by atoms with E-state index < -0.39 is 0 Å². The van der Waals surface area contributed by atoms with Gasteiger partial charge in [0.25, 0.3) is 0 Å². The highest BCUT2D eigenvalue weighted by molar-refractivity contribution is 6.06. The predicted octanol–water partition coefficient (Wildman–Crippen LogP) is 13.6. The van der Waals surface area contributed by atoms with Crippen molar-refractivity contribution in [1.82, 2.24) is 0 Å². The summed E-state index contributed by atoms with van der Waals surface area (Å²) in [6.45, 7) is 20.1. The van der Waals surface area contributed by atoms with Crippen LogP contribution < -0.4 is 5.73 Å². The SMILES string of the molecule is C/C=C\C(=C/C)CC.C=C/C(=C\C(=C/C)c1cccc(C2=CCC=CC=C2c2ccccc2)c1)C1=CC(CN)=CCC1.CC.CCC1=CCN=C1. The highest BCUT2D eigenvalue weighted by Crippen LogP contribution is 2.35. The highest BCUT2D eigenvalue weighted by atomic mass is 14.7. The van der Waals surface area contributed by atoms with Crippen LogP contribution >= 0.6 is 0 Å². The van der Waals surface area contributed by atoms with Gasteiger partial charge in [0.15, 0.2) is 0 Å². The Labute approximate surface area is 311 Å². The van der Waals surface area contributed by atoms with Crippen LogP contribution in [0.3, 0.4) is 0 Å². The summed E-state index contributed by atoms with van der Waals surface area (Å²) < 4.78 is 0. The molecule has 0 aromatic heterocycles. The molecular formula is C49H62N2. The minimum atomic E-state index is 0.577. The molecule has 1 heterocycles. The molecule has 2 aromatic carbocycles. The first-order chi connectivity index (χ1) is 25.0. The third-order valence-electron chi connectivity index (χ3n) is 8.65. The molecule has 2 aromatic rings. The van der Waals surface area contributed by atoms with Crippen molar-refractivity contribution in [3.8, 4) is 0 Å². The van der Waals surface area contributed by atoms with E-state index in [1.165, 1.54) is 61.3 Å². The van der Waals surface area contributed by atoms with Crippen molar-refractivity contribution < 1.29 is 0 Å². The molecule has 2 aliphatic carbocycles. The molecule has 2 nitrogen and oxygen atoms in total. The van der Waals surface area contributed by atoms with Gasteiger partial charge in [0.2, 0.25) is 0 Å². The van der Waals surface area contributed by atoms with Crippen LogP contribution in [0.15, 0.2) is 173 Å². The first kappa shape index (κ1) is 42.4. The van der Waals surface area contributed by atoms with Gasteiger partial charge in [-0.2, -0.15) is 0 Å². The number of hydrogen-bond donors (Lipinski definition) is 1. The van der Waals surface area contributed by atoms with Gasteiger partial charge < -0.3 is 5.73 Å². The molecule has 0 amide bonds. The van der Waals surface area contributed by atoms with Crippen molar-refractivity contribution in [1.29, 1.82) is 0 Å². The topological polar surface area (TPSA) is 38.4 Å². The van der Waals surface area contributed by atoms with E-state index in [0.717, 1.165) is 38.6 Å². The van der Waals surface area contributed by atoms with Crippen LogP contribution in [0.2, 0.25) is 0 Å². The maximum atomic E-state index is 5.89. The Kier molecular flexibility index (Phi) is 20.9. The summed E-state index contributed by atoms with van der Waals surface area (Å²) in [5, 5.41) is 0. The zero-order valence-corrected chi connectivity index (χ0v) is 32.5. The fourth-order valence-corrected chi connectivity index (χ4v) is 5.82. The molecule has 0 spiro atoms. The number of hydrogen-bond acceptors (Lipinski definition) is 2. The summed E-state index contributed by atoms with van der Waals surface area (Å²) in [5.74, 6) is 0. The van der Waals surface area contributed by atoms with E-state index in [4.69, 9.17) is 5.73 Å². The number of allylic oxidation sites excluding steroid dienone is 18. The second kappa shape index (κ2) is 25.2. The van der Waals surface area contributed by atoms with Crippen LogP contribution in [0.4, 0.5) is 0 Å². The molecule has 0 saturated carbocycles. The number of rotatable bonds is 10. The molecule has 2 heteroatoms. The molecule has 1 aliphatic heterocycles. The highest BCUT2D eigenvalue weighted by Gasteiger charge is 2.13. The summed E-state index contributed by atoms with van der Waals surface area (Å²) in [4.78, 5) is 4.02. The molecule has 0 unspecified atom stereocenters. The van der Waals surface area contributed by atoms with Gasteiger partial charge in [-0.15, -0.1) is 0 Å². The van der Waals surface area contributed by atoms with Gasteiger partial charge in [-0.25, -0.2) is 0 Å². The molecule has 0 radical (unpaired) electrons. The third-order valence-corrected chi connectivity index (χ3v) is 8.65. The molecule has 51 heavy (non-hydrogen) atoms. The molecular weight excluding hydrogens is 617 g/mol. The van der Waals surface area contributed by atoms with E-state index in [9.17, 15) is 0 Å². The molecule has 2 N–H and O–H groups in total. The van der Waals surface area contributed by atoms with E-state index in [1.807, 2.05) is 33.1 Å². The fraction of sp³-hybridized carbons (Fsp3) is 0.286. The lowest BCUT2D eigenvalue weighted by Crippen LogP contribution is -2.05. The van der Waals surface area contributed by atoms with Gasteiger partial charge in [-0.3, -0.25) is 4.99 Å². The first-order valence-electron chi connectivity index (χ1n) is 18.8. The quantitative estimate of drug-likeness (QED) is 0.250. The van der Waals surface area contributed by atoms with E-state index in [-0.39, 0.29) is 0 Å². The third kappa shape index (κ3) is 14.2. The Balaban J connectivity index is 0.000000437. The van der Waals surface area contributed by atoms with Crippen molar-refractivity contribution in [2.24, 2.45) is 10.7 Å². The average Bonchev–Trinajstić information content (AvgIpc) is 3.62. The normalized spacial score (nSPS) is 15.8. The van der Waals surface area contributed by atoms with Crippen molar-refractivity contribution in [3.63, 3.8) is 0 Å². The standard InChI is InChI=1S/C33H33N.C8H14.C6H9N.C2H6/c1-3-26(29-16-11-13-25(21-29)24-34)22-27(4-2)30-17-12-18-31(23-30)33-20-10-6-9-19-32(33)28-14-7-5-8-15-28;1-4-7-8(5-2)6-3;1-2-6-3-4-7-5-6;1-2/h3-9,12-15,17-23H,1,10-11,16,24,34H2,2H3;4-5,7H,6H2,1-3H3;3,5H,2,4H2,1H3;1-2H3/b26-22+,27-4+;7-4-,8-5-;;. The molecule has 268 valence electrons. The van der Waals surface area contributed by atoms with Gasteiger partial charge in [-0.05, 0) is 121 Å². The van der Waals surface area contributed by atoms with Gasteiger partial charge in [0, 0.05) is 12.8 Å². The zero-order valence-electron chi connectivity index (χ0n) is 32.5. The lowest BCUT2D eigenvalue weighted by Gasteiger charge is -2.16. The smallest absolute Gasteiger partial charge is 0.0576 e. The van der Waals surface area contributed by atoms with E-state index in [0.29, 0.717) is 6.54 Å². The van der Waals surface area contributed by atoms with Crippen LogP contribution in [-0.2, 0) is 0 Å². The molecule has 0 atom stereocenters. The maximum Gasteiger partial charge on any atom is 0.0576 e. The minimum Gasteiger partial charge on any atom is -0.327 e. The first-order valence-corrected chi connectivity index (χ1v) is 18.8. The van der Waals surface area contributed by atoms with Crippen molar-refractivity contribution in [2.45, 2.75) is 80.6 Å². The lowest BCUT2D eigenvalue weighted by atomic mass is 9.89. The summed E-state index contributed by atoms with van der Waals surface area (Å²) in [6.07, 6.45) is 35.5. The van der Waals surface area contributed by atoms with Crippen LogP contribution in [-0.4, -0.2) is 19.3 Å². The van der Waals surface area contributed by atoms with Crippen molar-refractivity contribution >= 4 is 22.9 Å². The largest absolute Gasteiger partial charge is 0.327 e. The molecule has 0 bridgehead atoms. The summed E-state index contributed by atoms with van der Waals surface area (Å²) in [7, 11) is 0. The zero-order chi connectivity index (χ0) is 37.3. The Morgan fingerprint density at radius 1 is 0.863 bits per heavy atom. The van der Waals surface area contributed by atoms with Gasteiger partial charge in [0.1, 0.15) is 0 Å². The Bertz CT molecular complexity index is 1720. The van der Waals surface area contributed by atoms with E-state index in [1.54, 1.807) is 0 Å². The second-order valence-corrected chi connectivity index (χ2v) is 11.9. The van der Waals surface area contributed by atoms with Crippen LogP contribution in [0.1, 0.15) is 97.3 Å². The van der Waals surface area contributed by atoms with Gasteiger partial charge in [0.05, 0.1) is 6.54 Å². The molecule has 0 fully saturated rings. The van der Waals surface area contributed by atoms with Crippen molar-refractivity contribution in [3.05, 3.63) is 185 Å². The monoisotopic (exact) mass is 678 g/mol. The summed E-state index contributed by atoms with van der Waals surface area (Å²) in [5.41, 5.74) is 19.7. The second-order valence-electron chi connectivity index (χ2n) is 11.9. The molecule has 5 rings (SSSR count). The van der Waals surface area contributed by atoms with Crippen LogP contribution in [0.5, 0.6) is 0 Å². The van der Waals surface area contributed by atoms with E-state index >= 15 is 0 Å². The number of benzene rings is 2. The maximum absolute atomic E-state index is 5.89. The lowest BCUT2D eigenvalue weighted by molar-refractivity contribution is 0.947. The predicted molar refractivity (Wildman–Crippen MR) is 231 cm³/mol. The minimum absolute atomic E-state index is 0.577. The fourth-order valence-electron chi connectivity index (χ4n) is 5.82. The Hall–Kier alpha value is -4.79. The molecule has 0 saturated heterocycles. The van der Waals surface area contributed by atoms with Crippen molar-refractivity contribution in [2.75, 3.05) is 13.1 Å². The summed E-state index contributed by atoms with van der Waals surface area (Å²) >= 11 is 0. The summed E-state index contributed by atoms with van der Waals surface area (Å²) in [6, 6.07) is 19.5. The van der Waals surface area contributed by atoms with Gasteiger partial charge >= 0.3 is 0 Å². The van der Waals surface area contributed by atoms with Crippen LogP contribution in [0.25, 0.3) is 16.7 Å².